The molecule has 1 heterocycles. The zero-order valence-corrected chi connectivity index (χ0v) is 11.2. The Hall–Kier alpha value is -1.50. The number of aryl methyl sites for hydroxylation is 2. The Kier molecular flexibility index (Phi) is 3.37. The molecule has 0 saturated heterocycles. The van der Waals surface area contributed by atoms with Crippen LogP contribution >= 0.6 is 0 Å². The van der Waals surface area contributed by atoms with Crippen LogP contribution in [-0.2, 0) is 6.54 Å². The highest BCUT2D eigenvalue weighted by atomic mass is 15.0. The normalized spacial score (nSPS) is 11.1. The van der Waals surface area contributed by atoms with Crippen molar-refractivity contribution in [1.29, 1.82) is 0 Å². The van der Waals surface area contributed by atoms with Gasteiger partial charge >= 0.3 is 0 Å². The summed E-state index contributed by atoms with van der Waals surface area (Å²) in [5, 5.41) is 0. The van der Waals surface area contributed by atoms with E-state index in [-0.39, 0.29) is 0 Å². The van der Waals surface area contributed by atoms with Gasteiger partial charge in [-0.25, -0.2) is 0 Å². The Labute approximate surface area is 104 Å². The van der Waals surface area contributed by atoms with Crippen LogP contribution in [0.15, 0.2) is 36.4 Å². The van der Waals surface area contributed by atoms with Crippen molar-refractivity contribution in [3.8, 4) is 0 Å². The van der Waals surface area contributed by atoms with Gasteiger partial charge in [-0.1, -0.05) is 38.1 Å². The Balaban J connectivity index is 2.27. The highest BCUT2D eigenvalue weighted by Crippen LogP contribution is 2.17. The van der Waals surface area contributed by atoms with Gasteiger partial charge in [0.1, 0.15) is 0 Å². The molecule has 1 heteroatoms. The van der Waals surface area contributed by atoms with Crippen LogP contribution < -0.4 is 0 Å². The average molecular weight is 227 g/mol. The van der Waals surface area contributed by atoms with E-state index in [1.54, 1.807) is 0 Å². The Morgan fingerprint density at radius 2 is 1.65 bits per heavy atom. The standard InChI is InChI=1S/C16H21N/c1-12(2)16-7-5-6-15(10-16)11-17-13(3)8-9-14(17)4/h5-10,12H,11H2,1-4H3. The average Bonchev–Trinajstić information content (AvgIpc) is 2.61. The molecule has 90 valence electrons. The van der Waals surface area contributed by atoms with E-state index in [2.05, 4.69) is 68.7 Å². The van der Waals surface area contributed by atoms with Gasteiger partial charge in [-0.05, 0) is 43.0 Å². The van der Waals surface area contributed by atoms with E-state index in [1.165, 1.54) is 22.5 Å². The maximum Gasteiger partial charge on any atom is 0.0475 e. The molecule has 0 spiro atoms. The van der Waals surface area contributed by atoms with Gasteiger partial charge in [0, 0.05) is 17.9 Å². The van der Waals surface area contributed by atoms with Gasteiger partial charge in [-0.15, -0.1) is 0 Å². The number of benzene rings is 1. The van der Waals surface area contributed by atoms with Gasteiger partial charge < -0.3 is 4.57 Å². The van der Waals surface area contributed by atoms with E-state index in [1.807, 2.05) is 0 Å². The summed E-state index contributed by atoms with van der Waals surface area (Å²) in [6.45, 7) is 9.79. The van der Waals surface area contributed by atoms with Crippen LogP contribution in [0.3, 0.4) is 0 Å². The SMILES string of the molecule is Cc1ccc(C)n1Cc1cccc(C(C)C)c1. The molecule has 0 atom stereocenters. The highest BCUT2D eigenvalue weighted by Gasteiger charge is 2.04. The van der Waals surface area contributed by atoms with Crippen molar-refractivity contribution in [2.45, 2.75) is 40.2 Å². The number of hydrogen-bond acceptors (Lipinski definition) is 0. The molecular formula is C16H21N. The fourth-order valence-electron chi connectivity index (χ4n) is 2.18. The van der Waals surface area contributed by atoms with Crippen LogP contribution in [0.5, 0.6) is 0 Å². The number of nitrogens with zero attached hydrogens (tertiary/aromatic N) is 1. The third-order valence-corrected chi connectivity index (χ3v) is 3.38. The highest BCUT2D eigenvalue weighted by molar-refractivity contribution is 5.27. The summed E-state index contributed by atoms with van der Waals surface area (Å²) in [5.74, 6) is 0.599. The molecule has 0 aliphatic carbocycles. The minimum Gasteiger partial charge on any atom is -0.345 e. The molecule has 0 radical (unpaired) electrons. The van der Waals surface area contributed by atoms with E-state index in [0.717, 1.165) is 6.54 Å². The largest absolute Gasteiger partial charge is 0.345 e. The summed E-state index contributed by atoms with van der Waals surface area (Å²) in [6, 6.07) is 13.3. The summed E-state index contributed by atoms with van der Waals surface area (Å²) >= 11 is 0. The molecule has 0 N–H and O–H groups in total. The number of aromatic nitrogens is 1. The summed E-state index contributed by atoms with van der Waals surface area (Å²) < 4.78 is 2.36. The molecule has 2 aromatic rings. The lowest BCUT2D eigenvalue weighted by Crippen LogP contribution is -2.04. The first-order valence-electron chi connectivity index (χ1n) is 6.29. The van der Waals surface area contributed by atoms with Gasteiger partial charge in [-0.2, -0.15) is 0 Å². The van der Waals surface area contributed by atoms with Gasteiger partial charge in [0.05, 0.1) is 0 Å². The summed E-state index contributed by atoms with van der Waals surface area (Å²) in [6.07, 6.45) is 0. The van der Waals surface area contributed by atoms with Crippen molar-refractivity contribution in [3.63, 3.8) is 0 Å². The Morgan fingerprint density at radius 3 is 2.24 bits per heavy atom. The van der Waals surface area contributed by atoms with Crippen molar-refractivity contribution in [2.24, 2.45) is 0 Å². The summed E-state index contributed by atoms with van der Waals surface area (Å²) in [4.78, 5) is 0. The number of rotatable bonds is 3. The molecule has 17 heavy (non-hydrogen) atoms. The first-order valence-corrected chi connectivity index (χ1v) is 6.29. The first kappa shape index (κ1) is 12.0. The zero-order valence-electron chi connectivity index (χ0n) is 11.2. The molecule has 0 saturated carbocycles. The topological polar surface area (TPSA) is 4.93 Å². The van der Waals surface area contributed by atoms with Crippen LogP contribution in [0.25, 0.3) is 0 Å². The third kappa shape index (κ3) is 2.60. The van der Waals surface area contributed by atoms with Gasteiger partial charge in [0.25, 0.3) is 0 Å². The predicted molar refractivity (Wildman–Crippen MR) is 73.5 cm³/mol. The molecule has 0 fully saturated rings. The van der Waals surface area contributed by atoms with Crippen molar-refractivity contribution in [3.05, 3.63) is 58.9 Å². The second kappa shape index (κ2) is 4.79. The summed E-state index contributed by atoms with van der Waals surface area (Å²) in [5.41, 5.74) is 5.47. The number of hydrogen-bond donors (Lipinski definition) is 0. The maximum absolute atomic E-state index is 2.36. The molecular weight excluding hydrogens is 206 g/mol. The fourth-order valence-corrected chi connectivity index (χ4v) is 2.18. The second-order valence-electron chi connectivity index (χ2n) is 5.10. The van der Waals surface area contributed by atoms with Gasteiger partial charge in [0.15, 0.2) is 0 Å². The zero-order chi connectivity index (χ0) is 12.4. The minimum atomic E-state index is 0.599. The second-order valence-corrected chi connectivity index (χ2v) is 5.10. The van der Waals surface area contributed by atoms with Crippen molar-refractivity contribution >= 4 is 0 Å². The van der Waals surface area contributed by atoms with Crippen LogP contribution in [-0.4, -0.2) is 4.57 Å². The predicted octanol–water partition coefficient (Wildman–Crippen LogP) is 4.28. The maximum atomic E-state index is 2.36. The molecule has 0 amide bonds. The molecule has 0 bridgehead atoms. The van der Waals surface area contributed by atoms with E-state index in [0.29, 0.717) is 5.92 Å². The van der Waals surface area contributed by atoms with Crippen LogP contribution in [0.2, 0.25) is 0 Å². The van der Waals surface area contributed by atoms with Gasteiger partial charge in [-0.3, -0.25) is 0 Å². The minimum absolute atomic E-state index is 0.599. The molecule has 1 nitrogen and oxygen atoms in total. The van der Waals surface area contributed by atoms with E-state index in [9.17, 15) is 0 Å². The lowest BCUT2D eigenvalue weighted by molar-refractivity contribution is 0.746. The van der Waals surface area contributed by atoms with Gasteiger partial charge in [0.2, 0.25) is 0 Å². The lowest BCUT2D eigenvalue weighted by Gasteiger charge is -2.12. The molecule has 1 aromatic carbocycles. The van der Waals surface area contributed by atoms with Crippen molar-refractivity contribution < 1.29 is 0 Å². The molecule has 0 aliphatic heterocycles. The van der Waals surface area contributed by atoms with Crippen LogP contribution in [0, 0.1) is 13.8 Å². The van der Waals surface area contributed by atoms with Crippen LogP contribution in [0.4, 0.5) is 0 Å². The molecule has 1 aromatic heterocycles. The smallest absolute Gasteiger partial charge is 0.0475 e. The molecule has 0 aliphatic rings. The Morgan fingerprint density at radius 1 is 1.00 bits per heavy atom. The van der Waals surface area contributed by atoms with E-state index >= 15 is 0 Å². The monoisotopic (exact) mass is 227 g/mol. The molecule has 0 unspecified atom stereocenters. The third-order valence-electron chi connectivity index (χ3n) is 3.38. The summed E-state index contributed by atoms with van der Waals surface area (Å²) in [7, 11) is 0. The van der Waals surface area contributed by atoms with E-state index < -0.39 is 0 Å². The molecule has 2 rings (SSSR count). The van der Waals surface area contributed by atoms with E-state index in [4.69, 9.17) is 0 Å². The quantitative estimate of drug-likeness (QED) is 0.737. The Bertz CT molecular complexity index is 486. The first-order chi connectivity index (χ1) is 8.08. The lowest BCUT2D eigenvalue weighted by atomic mass is 10.0. The van der Waals surface area contributed by atoms with Crippen molar-refractivity contribution in [1.82, 2.24) is 4.57 Å². The fraction of sp³-hybridized carbons (Fsp3) is 0.375. The van der Waals surface area contributed by atoms with Crippen molar-refractivity contribution in [2.75, 3.05) is 0 Å². The van der Waals surface area contributed by atoms with Crippen LogP contribution in [0.1, 0.15) is 42.3 Å².